The van der Waals surface area contributed by atoms with Gasteiger partial charge in [-0.25, -0.2) is 9.59 Å². The molecule has 188 valence electrons. The standard InChI is InChI=1S/C31H40O4/c1-18-11-22(24(15-20(3)28(32)33)26(13-18)30(5,6)7)17-23-12-19(2)14-27(31(8,9)10)25(23)16-21(4)29(34)35/h11-16H,17H2,1-10H3,(H,32,33)(H,34,35). The molecular formula is C31H40O4. The number of hydrogen-bond acceptors (Lipinski definition) is 2. The number of carbonyl (C=O) groups is 2. The first-order valence-corrected chi connectivity index (χ1v) is 12.0. The van der Waals surface area contributed by atoms with Gasteiger partial charge in [0.05, 0.1) is 0 Å². The van der Waals surface area contributed by atoms with Crippen LogP contribution in [0.15, 0.2) is 35.4 Å². The van der Waals surface area contributed by atoms with Crippen LogP contribution in [0.5, 0.6) is 0 Å². The number of benzene rings is 2. The van der Waals surface area contributed by atoms with Crippen molar-refractivity contribution in [1.29, 1.82) is 0 Å². The normalized spacial score (nSPS) is 13.2. The molecule has 0 bridgehead atoms. The molecular weight excluding hydrogens is 436 g/mol. The lowest BCUT2D eigenvalue weighted by molar-refractivity contribution is -0.133. The van der Waals surface area contributed by atoms with E-state index in [-0.39, 0.29) is 22.0 Å². The maximum Gasteiger partial charge on any atom is 0.331 e. The zero-order valence-electron chi connectivity index (χ0n) is 22.9. The van der Waals surface area contributed by atoms with Gasteiger partial charge in [-0.2, -0.15) is 0 Å². The minimum Gasteiger partial charge on any atom is -0.478 e. The van der Waals surface area contributed by atoms with Gasteiger partial charge in [0.1, 0.15) is 0 Å². The molecule has 2 aromatic carbocycles. The van der Waals surface area contributed by atoms with Crippen LogP contribution in [-0.2, 0) is 26.8 Å². The van der Waals surface area contributed by atoms with Crippen molar-refractivity contribution in [3.63, 3.8) is 0 Å². The molecule has 0 saturated heterocycles. The van der Waals surface area contributed by atoms with Gasteiger partial charge in [-0.1, -0.05) is 76.9 Å². The van der Waals surface area contributed by atoms with E-state index in [0.29, 0.717) is 6.42 Å². The van der Waals surface area contributed by atoms with Gasteiger partial charge in [-0.3, -0.25) is 0 Å². The summed E-state index contributed by atoms with van der Waals surface area (Å²) in [6.07, 6.45) is 4.11. The first kappa shape index (κ1) is 28.1. The zero-order valence-corrected chi connectivity index (χ0v) is 22.9. The van der Waals surface area contributed by atoms with Gasteiger partial charge in [-0.05, 0) is 90.5 Å². The highest BCUT2D eigenvalue weighted by Crippen LogP contribution is 2.36. The Labute approximate surface area is 210 Å². The third-order valence-corrected chi connectivity index (χ3v) is 6.21. The van der Waals surface area contributed by atoms with E-state index in [1.807, 2.05) is 0 Å². The van der Waals surface area contributed by atoms with Crippen LogP contribution >= 0.6 is 0 Å². The summed E-state index contributed by atoms with van der Waals surface area (Å²) in [6, 6.07) is 8.51. The minimum absolute atomic E-state index is 0.183. The smallest absolute Gasteiger partial charge is 0.331 e. The Morgan fingerprint density at radius 1 is 0.686 bits per heavy atom. The Kier molecular flexibility index (Phi) is 8.21. The predicted molar refractivity (Wildman–Crippen MR) is 145 cm³/mol. The van der Waals surface area contributed by atoms with Gasteiger partial charge >= 0.3 is 11.9 Å². The van der Waals surface area contributed by atoms with Gasteiger partial charge < -0.3 is 10.2 Å². The molecule has 4 nitrogen and oxygen atoms in total. The fourth-order valence-electron chi connectivity index (χ4n) is 4.38. The highest BCUT2D eigenvalue weighted by Gasteiger charge is 2.24. The maximum atomic E-state index is 11.7. The largest absolute Gasteiger partial charge is 0.478 e. The van der Waals surface area contributed by atoms with E-state index >= 15 is 0 Å². The lowest BCUT2D eigenvalue weighted by Crippen LogP contribution is -2.17. The Bertz CT molecular complexity index is 1120. The van der Waals surface area contributed by atoms with Crippen molar-refractivity contribution in [2.45, 2.75) is 86.5 Å². The number of carboxylic acid groups (broad SMARTS) is 2. The molecule has 0 atom stereocenters. The van der Waals surface area contributed by atoms with Gasteiger partial charge in [0, 0.05) is 11.1 Å². The van der Waals surface area contributed by atoms with Crippen molar-refractivity contribution in [3.8, 4) is 0 Å². The molecule has 0 unspecified atom stereocenters. The molecule has 0 aliphatic carbocycles. The second-order valence-corrected chi connectivity index (χ2v) is 11.7. The van der Waals surface area contributed by atoms with E-state index in [4.69, 9.17) is 0 Å². The average Bonchev–Trinajstić information content (AvgIpc) is 2.69. The lowest BCUT2D eigenvalue weighted by Gasteiger charge is -2.27. The van der Waals surface area contributed by atoms with E-state index in [9.17, 15) is 19.8 Å². The zero-order chi connectivity index (χ0) is 26.9. The van der Waals surface area contributed by atoms with Gasteiger partial charge in [0.2, 0.25) is 0 Å². The molecule has 0 spiro atoms. The van der Waals surface area contributed by atoms with Crippen molar-refractivity contribution in [2.24, 2.45) is 0 Å². The molecule has 0 amide bonds. The Morgan fingerprint density at radius 3 is 1.26 bits per heavy atom. The predicted octanol–water partition coefficient (Wildman–Crippen LogP) is 7.47. The molecule has 2 rings (SSSR count). The summed E-state index contributed by atoms with van der Waals surface area (Å²) in [4.78, 5) is 23.4. The first-order chi connectivity index (χ1) is 15.9. The summed E-state index contributed by atoms with van der Waals surface area (Å²) in [6.45, 7) is 20.1. The third kappa shape index (κ3) is 6.94. The number of hydrogen-bond donors (Lipinski definition) is 2. The average molecular weight is 477 g/mol. The number of carboxylic acids is 2. The number of rotatable bonds is 6. The second kappa shape index (κ2) is 10.2. The van der Waals surface area contributed by atoms with E-state index in [1.54, 1.807) is 26.0 Å². The van der Waals surface area contributed by atoms with Crippen LogP contribution < -0.4 is 0 Å². The molecule has 0 aliphatic heterocycles. The Morgan fingerprint density at radius 2 is 1.00 bits per heavy atom. The molecule has 0 radical (unpaired) electrons. The molecule has 0 heterocycles. The minimum atomic E-state index is -0.942. The monoisotopic (exact) mass is 476 g/mol. The van der Waals surface area contributed by atoms with Crippen LogP contribution in [0.2, 0.25) is 0 Å². The van der Waals surface area contributed by atoms with E-state index < -0.39 is 11.9 Å². The summed E-state index contributed by atoms with van der Waals surface area (Å²) < 4.78 is 0. The van der Waals surface area contributed by atoms with Crippen LogP contribution in [0.4, 0.5) is 0 Å². The van der Waals surface area contributed by atoms with E-state index in [0.717, 1.165) is 44.5 Å². The second-order valence-electron chi connectivity index (χ2n) is 11.7. The first-order valence-electron chi connectivity index (χ1n) is 12.0. The third-order valence-electron chi connectivity index (χ3n) is 6.21. The van der Waals surface area contributed by atoms with Crippen LogP contribution in [-0.4, -0.2) is 22.2 Å². The van der Waals surface area contributed by atoms with Gasteiger partial charge in [0.25, 0.3) is 0 Å². The topological polar surface area (TPSA) is 74.6 Å². The van der Waals surface area contributed by atoms with Crippen molar-refractivity contribution in [2.75, 3.05) is 0 Å². The van der Waals surface area contributed by atoms with Crippen molar-refractivity contribution in [3.05, 3.63) is 79.9 Å². The summed E-state index contributed by atoms with van der Waals surface area (Å²) in [5, 5.41) is 19.2. The van der Waals surface area contributed by atoms with Crippen molar-refractivity contribution in [1.82, 2.24) is 0 Å². The summed E-state index contributed by atoms with van der Waals surface area (Å²) in [5.74, 6) is -1.88. The van der Waals surface area contributed by atoms with Crippen LogP contribution in [0.25, 0.3) is 12.2 Å². The molecule has 35 heavy (non-hydrogen) atoms. The fraction of sp³-hybridized carbons (Fsp3) is 0.419. The fourth-order valence-corrected chi connectivity index (χ4v) is 4.38. The van der Waals surface area contributed by atoms with Crippen LogP contribution in [0, 0.1) is 13.8 Å². The molecule has 4 heteroatoms. The highest BCUT2D eigenvalue weighted by molar-refractivity contribution is 5.93. The maximum absolute atomic E-state index is 11.7. The van der Waals surface area contributed by atoms with Gasteiger partial charge in [-0.15, -0.1) is 0 Å². The van der Waals surface area contributed by atoms with Crippen LogP contribution in [0.3, 0.4) is 0 Å². The molecule has 0 aliphatic rings. The molecule has 0 aromatic heterocycles. The quantitative estimate of drug-likeness (QED) is 0.424. The molecule has 0 saturated carbocycles. The summed E-state index contributed by atoms with van der Waals surface area (Å²) >= 11 is 0. The van der Waals surface area contributed by atoms with Crippen molar-refractivity contribution >= 4 is 24.1 Å². The number of aliphatic carboxylic acids is 2. The Hall–Kier alpha value is -3.14. The van der Waals surface area contributed by atoms with E-state index in [1.165, 1.54) is 0 Å². The van der Waals surface area contributed by atoms with E-state index in [2.05, 4.69) is 79.7 Å². The summed E-state index contributed by atoms with van der Waals surface area (Å²) in [7, 11) is 0. The lowest BCUT2D eigenvalue weighted by atomic mass is 9.77. The van der Waals surface area contributed by atoms with Gasteiger partial charge in [0.15, 0.2) is 0 Å². The van der Waals surface area contributed by atoms with Crippen LogP contribution in [0.1, 0.15) is 99.9 Å². The highest BCUT2D eigenvalue weighted by atomic mass is 16.4. The molecule has 2 N–H and O–H groups in total. The Balaban J connectivity index is 2.94. The number of aryl methyl sites for hydroxylation is 2. The van der Waals surface area contributed by atoms with Crippen molar-refractivity contribution < 1.29 is 19.8 Å². The SMILES string of the molecule is CC(=Cc1c(Cc2cc(C)cc(C(C)(C)C)c2C=C(C)C(=O)O)cc(C)cc1C(C)(C)C)C(=O)O. The molecule has 0 fully saturated rings. The summed E-state index contributed by atoms with van der Waals surface area (Å²) in [5.41, 5.74) is 8.50. The molecule has 2 aromatic rings.